The van der Waals surface area contributed by atoms with Crippen molar-refractivity contribution < 1.29 is 4.79 Å². The van der Waals surface area contributed by atoms with E-state index < -0.39 is 0 Å². The third kappa shape index (κ3) is 2.55. The first-order chi connectivity index (χ1) is 11.7. The highest BCUT2D eigenvalue weighted by Crippen LogP contribution is 2.22. The van der Waals surface area contributed by atoms with Crippen molar-refractivity contribution in [3.63, 3.8) is 0 Å². The van der Waals surface area contributed by atoms with Crippen molar-refractivity contribution in [3.8, 4) is 0 Å². The largest absolute Gasteiger partial charge is 0.334 e. The number of aromatic amines is 1. The van der Waals surface area contributed by atoms with Crippen LogP contribution in [0.1, 0.15) is 23.2 Å². The number of fused-ring (bicyclic) bond motifs is 1. The summed E-state index contributed by atoms with van der Waals surface area (Å²) in [6.07, 6.45) is 3.37. The Labute approximate surface area is 137 Å². The molecule has 1 amide bonds. The van der Waals surface area contributed by atoms with E-state index in [1.165, 1.54) is 10.7 Å². The number of carbonyl (C=O) groups is 1. The molecule has 24 heavy (non-hydrogen) atoms. The first-order valence-corrected chi connectivity index (χ1v) is 7.86. The molecule has 0 aliphatic carbocycles. The minimum absolute atomic E-state index is 0.0295. The van der Waals surface area contributed by atoms with Crippen LogP contribution in [0.25, 0.3) is 11.0 Å². The number of benzene rings is 1. The number of likely N-dealkylation sites (tertiary alicyclic amines) is 1. The van der Waals surface area contributed by atoms with E-state index in [9.17, 15) is 9.59 Å². The van der Waals surface area contributed by atoms with Crippen LogP contribution in [0, 0.1) is 0 Å². The number of hydrogen-bond acceptors (Lipinski definition) is 5. The van der Waals surface area contributed by atoms with Crippen molar-refractivity contribution >= 4 is 16.9 Å². The number of hydrogen-bond donors (Lipinski definition) is 1. The van der Waals surface area contributed by atoms with Gasteiger partial charge in [0.1, 0.15) is 11.0 Å². The van der Waals surface area contributed by atoms with E-state index in [1.807, 2.05) is 4.90 Å². The average Bonchev–Trinajstić information content (AvgIpc) is 3.24. The van der Waals surface area contributed by atoms with Gasteiger partial charge in [0.05, 0.1) is 12.6 Å². The summed E-state index contributed by atoms with van der Waals surface area (Å²) >= 11 is 0. The number of nitrogens with zero attached hydrogens (tertiary/aromatic N) is 5. The summed E-state index contributed by atoms with van der Waals surface area (Å²) in [5, 5.41) is 14.7. The highest BCUT2D eigenvalue weighted by molar-refractivity contribution is 5.97. The van der Waals surface area contributed by atoms with E-state index in [0.717, 1.165) is 18.4 Å². The first kappa shape index (κ1) is 14.6. The lowest BCUT2D eigenvalue weighted by molar-refractivity contribution is 0.0720. The van der Waals surface area contributed by atoms with E-state index in [2.05, 4.69) is 20.5 Å². The highest BCUT2D eigenvalue weighted by Gasteiger charge is 2.30. The van der Waals surface area contributed by atoms with Gasteiger partial charge in [-0.3, -0.25) is 9.59 Å². The molecule has 8 heteroatoms. The highest BCUT2D eigenvalue weighted by atomic mass is 16.2. The van der Waals surface area contributed by atoms with E-state index in [0.29, 0.717) is 24.2 Å². The normalized spacial score (nSPS) is 17.5. The molecule has 1 saturated heterocycles. The van der Waals surface area contributed by atoms with E-state index >= 15 is 0 Å². The molecule has 3 heterocycles. The maximum Gasteiger partial charge on any atom is 0.266 e. The van der Waals surface area contributed by atoms with Crippen LogP contribution >= 0.6 is 0 Å². The maximum atomic E-state index is 12.9. The van der Waals surface area contributed by atoms with Crippen molar-refractivity contribution in [1.29, 1.82) is 0 Å². The van der Waals surface area contributed by atoms with E-state index in [1.54, 1.807) is 30.5 Å². The lowest BCUT2D eigenvalue weighted by Gasteiger charge is -2.25. The van der Waals surface area contributed by atoms with Gasteiger partial charge in [-0.15, -0.1) is 0 Å². The summed E-state index contributed by atoms with van der Waals surface area (Å²) in [6, 6.07) is 8.34. The summed E-state index contributed by atoms with van der Waals surface area (Å²) in [5.74, 6) is -0.0496. The molecule has 0 bridgehead atoms. The van der Waals surface area contributed by atoms with Crippen molar-refractivity contribution in [2.24, 2.45) is 0 Å². The Balaban J connectivity index is 1.58. The van der Waals surface area contributed by atoms with E-state index in [-0.39, 0.29) is 17.5 Å². The Hall–Kier alpha value is -3.03. The molecular weight excluding hydrogens is 308 g/mol. The molecule has 1 aromatic carbocycles. The van der Waals surface area contributed by atoms with E-state index in [4.69, 9.17) is 0 Å². The van der Waals surface area contributed by atoms with Gasteiger partial charge >= 0.3 is 0 Å². The number of rotatable bonds is 3. The Morgan fingerprint density at radius 2 is 2.12 bits per heavy atom. The molecule has 0 saturated carbocycles. The van der Waals surface area contributed by atoms with Crippen LogP contribution in [0.4, 0.5) is 0 Å². The van der Waals surface area contributed by atoms with Gasteiger partial charge < -0.3 is 4.90 Å². The third-order valence-electron chi connectivity index (χ3n) is 4.37. The summed E-state index contributed by atoms with van der Waals surface area (Å²) < 4.78 is 1.41. The molecule has 0 radical (unpaired) electrons. The SMILES string of the molecule is O=C(c1ccc2n[nH]nc2c1)N1CCCC1Cn1ncccc1=O. The number of carbonyl (C=O) groups excluding carboxylic acids is 1. The molecule has 3 aromatic rings. The van der Waals surface area contributed by atoms with Gasteiger partial charge in [0.15, 0.2) is 0 Å². The summed E-state index contributed by atoms with van der Waals surface area (Å²) in [5.41, 5.74) is 1.82. The van der Waals surface area contributed by atoms with Crippen molar-refractivity contribution in [3.05, 3.63) is 52.4 Å². The Morgan fingerprint density at radius 1 is 1.25 bits per heavy atom. The quantitative estimate of drug-likeness (QED) is 0.769. The van der Waals surface area contributed by atoms with Crippen molar-refractivity contribution in [2.75, 3.05) is 6.54 Å². The fraction of sp³-hybridized carbons (Fsp3) is 0.312. The van der Waals surface area contributed by atoms with Gasteiger partial charge in [0, 0.05) is 24.4 Å². The van der Waals surface area contributed by atoms with Gasteiger partial charge in [-0.05, 0) is 37.1 Å². The topological polar surface area (TPSA) is 96.8 Å². The Kier molecular flexibility index (Phi) is 3.56. The minimum Gasteiger partial charge on any atom is -0.334 e. The standard InChI is InChI=1S/C16H16N6O2/c23-15-4-1-7-17-22(15)10-12-3-2-8-21(12)16(24)11-5-6-13-14(9-11)19-20-18-13/h1,4-7,9,12H,2-3,8,10H2,(H,18,19,20). The Bertz CT molecular complexity index is 947. The average molecular weight is 324 g/mol. The predicted molar refractivity (Wildman–Crippen MR) is 86.4 cm³/mol. The zero-order valence-electron chi connectivity index (χ0n) is 12.9. The smallest absolute Gasteiger partial charge is 0.266 e. The van der Waals surface area contributed by atoms with Crippen LogP contribution in [0.2, 0.25) is 0 Å². The molecule has 1 unspecified atom stereocenters. The van der Waals surface area contributed by atoms with Crippen molar-refractivity contribution in [1.82, 2.24) is 30.1 Å². The summed E-state index contributed by atoms with van der Waals surface area (Å²) in [7, 11) is 0. The van der Waals surface area contributed by atoms with Crippen molar-refractivity contribution in [2.45, 2.75) is 25.4 Å². The Morgan fingerprint density at radius 3 is 3.00 bits per heavy atom. The number of H-pyrrole nitrogens is 1. The molecule has 0 spiro atoms. The fourth-order valence-electron chi connectivity index (χ4n) is 3.16. The molecular formula is C16H16N6O2. The lowest BCUT2D eigenvalue weighted by Crippen LogP contribution is -2.40. The second-order valence-electron chi connectivity index (χ2n) is 5.87. The van der Waals surface area contributed by atoms with Gasteiger partial charge in [-0.2, -0.15) is 20.5 Å². The van der Waals surface area contributed by atoms with Crippen LogP contribution in [0.5, 0.6) is 0 Å². The molecule has 2 aromatic heterocycles. The number of aromatic nitrogens is 5. The fourth-order valence-corrected chi connectivity index (χ4v) is 3.16. The van der Waals surface area contributed by atoms with Crippen LogP contribution in [-0.2, 0) is 6.54 Å². The van der Waals surface area contributed by atoms with Crippen LogP contribution in [0.15, 0.2) is 41.3 Å². The number of amides is 1. The second-order valence-corrected chi connectivity index (χ2v) is 5.87. The zero-order valence-corrected chi connectivity index (χ0v) is 12.9. The van der Waals surface area contributed by atoms with Gasteiger partial charge in [0.25, 0.3) is 11.5 Å². The monoisotopic (exact) mass is 324 g/mol. The minimum atomic E-state index is -0.152. The molecule has 1 aliphatic rings. The molecule has 122 valence electrons. The lowest BCUT2D eigenvalue weighted by atomic mass is 10.1. The van der Waals surface area contributed by atoms with Crippen LogP contribution < -0.4 is 5.56 Å². The summed E-state index contributed by atoms with van der Waals surface area (Å²) in [6.45, 7) is 1.10. The zero-order chi connectivity index (χ0) is 16.5. The molecule has 1 aliphatic heterocycles. The molecule has 4 rings (SSSR count). The van der Waals surface area contributed by atoms with Gasteiger partial charge in [0.2, 0.25) is 0 Å². The third-order valence-corrected chi connectivity index (χ3v) is 4.37. The first-order valence-electron chi connectivity index (χ1n) is 7.86. The maximum absolute atomic E-state index is 12.9. The predicted octanol–water partition coefficient (Wildman–Crippen LogP) is 0.819. The molecule has 8 nitrogen and oxygen atoms in total. The second kappa shape index (κ2) is 5.88. The van der Waals surface area contributed by atoms with Gasteiger partial charge in [-0.25, -0.2) is 4.68 Å². The summed E-state index contributed by atoms with van der Waals surface area (Å²) in [4.78, 5) is 26.5. The van der Waals surface area contributed by atoms with Crippen LogP contribution in [-0.4, -0.2) is 48.6 Å². The van der Waals surface area contributed by atoms with Crippen LogP contribution in [0.3, 0.4) is 0 Å². The molecule has 1 atom stereocenters. The van der Waals surface area contributed by atoms with Gasteiger partial charge in [-0.1, -0.05) is 0 Å². The number of nitrogens with one attached hydrogen (secondary N) is 1. The molecule has 1 fully saturated rings. The molecule has 1 N–H and O–H groups in total.